The molecule has 5 heteroatoms. The van der Waals surface area contributed by atoms with Crippen LogP contribution in [0.2, 0.25) is 0 Å². The molecule has 0 atom stereocenters. The molecule has 0 aromatic heterocycles. The van der Waals surface area contributed by atoms with Gasteiger partial charge in [-0.3, -0.25) is 4.90 Å². The van der Waals surface area contributed by atoms with Gasteiger partial charge in [0, 0.05) is 19.6 Å². The van der Waals surface area contributed by atoms with Crippen LogP contribution in [0.3, 0.4) is 0 Å². The van der Waals surface area contributed by atoms with Crippen molar-refractivity contribution in [3.05, 3.63) is 65.2 Å². The quantitative estimate of drug-likeness (QED) is 0.742. The molecule has 2 heterocycles. The predicted molar refractivity (Wildman–Crippen MR) is 107 cm³/mol. The molecular formula is C23H25NO4. The van der Waals surface area contributed by atoms with Crippen molar-refractivity contribution in [2.24, 2.45) is 0 Å². The van der Waals surface area contributed by atoms with Crippen molar-refractivity contribution in [2.45, 2.75) is 19.9 Å². The summed E-state index contributed by atoms with van der Waals surface area (Å²) in [7, 11) is 0. The second-order valence-corrected chi connectivity index (χ2v) is 6.98. The van der Waals surface area contributed by atoms with Crippen LogP contribution in [-0.2, 0) is 16.1 Å². The summed E-state index contributed by atoms with van der Waals surface area (Å²) < 4.78 is 16.7. The first-order valence-electron chi connectivity index (χ1n) is 9.80. The van der Waals surface area contributed by atoms with Crippen LogP contribution < -0.4 is 9.47 Å². The van der Waals surface area contributed by atoms with Crippen LogP contribution >= 0.6 is 0 Å². The van der Waals surface area contributed by atoms with Crippen molar-refractivity contribution < 1.29 is 19.0 Å². The van der Waals surface area contributed by atoms with Crippen molar-refractivity contribution in [1.82, 2.24) is 4.90 Å². The zero-order valence-electron chi connectivity index (χ0n) is 16.1. The topological polar surface area (TPSA) is 48.0 Å². The van der Waals surface area contributed by atoms with Crippen molar-refractivity contribution in [2.75, 3.05) is 32.9 Å². The molecule has 2 aromatic carbocycles. The number of fused-ring (bicyclic) bond motifs is 1. The number of hydrogen-bond donors (Lipinski definition) is 0. The van der Waals surface area contributed by atoms with Gasteiger partial charge in [-0.2, -0.15) is 0 Å². The van der Waals surface area contributed by atoms with Gasteiger partial charge in [0.25, 0.3) is 0 Å². The summed E-state index contributed by atoms with van der Waals surface area (Å²) in [4.78, 5) is 15.0. The van der Waals surface area contributed by atoms with E-state index in [9.17, 15) is 4.79 Å². The highest BCUT2D eigenvalue weighted by Gasteiger charge is 2.26. The number of benzene rings is 2. The minimum atomic E-state index is -0.231. The maximum Gasteiger partial charge on any atom is 0.335 e. The standard InChI is InChI=1S/C23H25NO4/c1-2-26-23(25)20-16-24(15-17-6-4-3-5-7-17)11-10-19(20)18-8-9-21-22(14-18)28-13-12-27-21/h3-9,14H,2,10-13,15-16H2,1H3. The van der Waals surface area contributed by atoms with Gasteiger partial charge in [-0.05, 0) is 42.2 Å². The summed E-state index contributed by atoms with van der Waals surface area (Å²) in [6.07, 6.45) is 0.792. The van der Waals surface area contributed by atoms with E-state index in [0.29, 0.717) is 26.4 Å². The number of carbonyl (C=O) groups is 1. The molecule has 0 bridgehead atoms. The molecule has 0 saturated carbocycles. The van der Waals surface area contributed by atoms with Gasteiger partial charge in [0.15, 0.2) is 11.5 Å². The molecule has 5 nitrogen and oxygen atoms in total. The summed E-state index contributed by atoms with van der Waals surface area (Å²) in [6.45, 7) is 5.61. The van der Waals surface area contributed by atoms with Crippen LogP contribution in [0.15, 0.2) is 54.1 Å². The number of rotatable bonds is 5. The number of ether oxygens (including phenoxy) is 3. The molecule has 2 aliphatic heterocycles. The Bertz CT molecular complexity index is 875. The Balaban J connectivity index is 1.62. The Labute approximate surface area is 165 Å². The van der Waals surface area contributed by atoms with Crippen LogP contribution in [0, 0.1) is 0 Å². The molecule has 0 unspecified atom stereocenters. The Morgan fingerprint density at radius 3 is 2.64 bits per heavy atom. The highest BCUT2D eigenvalue weighted by atomic mass is 16.6. The van der Waals surface area contributed by atoms with Gasteiger partial charge >= 0.3 is 5.97 Å². The van der Waals surface area contributed by atoms with Gasteiger partial charge in [0.05, 0.1) is 12.2 Å². The normalized spacial score (nSPS) is 16.8. The molecule has 0 radical (unpaired) electrons. The van der Waals surface area contributed by atoms with E-state index in [1.807, 2.05) is 43.3 Å². The van der Waals surface area contributed by atoms with E-state index in [-0.39, 0.29) is 5.97 Å². The van der Waals surface area contributed by atoms with E-state index < -0.39 is 0 Å². The lowest BCUT2D eigenvalue weighted by Gasteiger charge is -2.30. The molecule has 0 spiro atoms. The second-order valence-electron chi connectivity index (χ2n) is 6.98. The number of hydrogen-bond acceptors (Lipinski definition) is 5. The molecule has 2 aromatic rings. The molecule has 0 fully saturated rings. The summed E-state index contributed by atoms with van der Waals surface area (Å²) in [6, 6.07) is 16.3. The molecule has 4 rings (SSSR count). The molecule has 0 amide bonds. The fraction of sp³-hybridized carbons (Fsp3) is 0.348. The lowest BCUT2D eigenvalue weighted by Crippen LogP contribution is -2.34. The van der Waals surface area contributed by atoms with Crippen molar-refractivity contribution >= 4 is 11.5 Å². The average molecular weight is 379 g/mol. The lowest BCUT2D eigenvalue weighted by molar-refractivity contribution is -0.138. The van der Waals surface area contributed by atoms with Crippen molar-refractivity contribution in [1.29, 1.82) is 0 Å². The summed E-state index contributed by atoms with van der Waals surface area (Å²) >= 11 is 0. The van der Waals surface area contributed by atoms with E-state index in [2.05, 4.69) is 17.0 Å². The number of carbonyl (C=O) groups excluding carboxylic acids is 1. The van der Waals surface area contributed by atoms with Crippen LogP contribution in [0.1, 0.15) is 24.5 Å². The Hall–Kier alpha value is -2.79. The first-order chi connectivity index (χ1) is 13.7. The monoisotopic (exact) mass is 379 g/mol. The third kappa shape index (κ3) is 4.04. The highest BCUT2D eigenvalue weighted by molar-refractivity contribution is 5.98. The lowest BCUT2D eigenvalue weighted by atomic mass is 9.92. The minimum Gasteiger partial charge on any atom is -0.486 e. The van der Waals surface area contributed by atoms with Crippen LogP contribution in [0.4, 0.5) is 0 Å². The van der Waals surface area contributed by atoms with Gasteiger partial charge in [0.2, 0.25) is 0 Å². The van der Waals surface area contributed by atoms with E-state index >= 15 is 0 Å². The van der Waals surface area contributed by atoms with E-state index in [0.717, 1.165) is 47.7 Å². The largest absolute Gasteiger partial charge is 0.486 e. The third-order valence-corrected chi connectivity index (χ3v) is 5.09. The second kappa shape index (κ2) is 8.48. The van der Waals surface area contributed by atoms with Crippen molar-refractivity contribution in [3.8, 4) is 11.5 Å². The van der Waals surface area contributed by atoms with E-state index in [4.69, 9.17) is 14.2 Å². The molecule has 0 N–H and O–H groups in total. The predicted octanol–water partition coefficient (Wildman–Crippen LogP) is 3.68. The van der Waals surface area contributed by atoms with E-state index in [1.165, 1.54) is 5.56 Å². The van der Waals surface area contributed by atoms with E-state index in [1.54, 1.807) is 0 Å². The fourth-order valence-electron chi connectivity index (χ4n) is 3.75. The average Bonchev–Trinajstić information content (AvgIpc) is 2.74. The maximum absolute atomic E-state index is 12.7. The number of esters is 1. The fourth-order valence-corrected chi connectivity index (χ4v) is 3.75. The Kier molecular flexibility index (Phi) is 5.63. The van der Waals surface area contributed by atoms with Gasteiger partial charge in [-0.15, -0.1) is 0 Å². The molecular weight excluding hydrogens is 354 g/mol. The van der Waals surface area contributed by atoms with Gasteiger partial charge in [0.1, 0.15) is 13.2 Å². The maximum atomic E-state index is 12.7. The smallest absolute Gasteiger partial charge is 0.335 e. The van der Waals surface area contributed by atoms with Gasteiger partial charge in [-0.1, -0.05) is 36.4 Å². The molecule has 2 aliphatic rings. The van der Waals surface area contributed by atoms with Crippen molar-refractivity contribution in [3.63, 3.8) is 0 Å². The molecule has 0 saturated heterocycles. The third-order valence-electron chi connectivity index (χ3n) is 5.09. The van der Waals surface area contributed by atoms with Gasteiger partial charge < -0.3 is 14.2 Å². The van der Waals surface area contributed by atoms with Crippen LogP contribution in [0.5, 0.6) is 11.5 Å². The minimum absolute atomic E-state index is 0.231. The highest BCUT2D eigenvalue weighted by Crippen LogP contribution is 2.36. The molecule has 146 valence electrons. The molecule has 28 heavy (non-hydrogen) atoms. The summed E-state index contributed by atoms with van der Waals surface area (Å²) in [5.41, 5.74) is 4.03. The van der Waals surface area contributed by atoms with Gasteiger partial charge in [-0.25, -0.2) is 4.79 Å². The van der Waals surface area contributed by atoms with Crippen LogP contribution in [0.25, 0.3) is 5.57 Å². The Morgan fingerprint density at radius 1 is 1.07 bits per heavy atom. The zero-order chi connectivity index (χ0) is 19.3. The summed E-state index contributed by atoms with van der Waals surface area (Å²) in [5, 5.41) is 0. The Morgan fingerprint density at radius 2 is 1.86 bits per heavy atom. The summed E-state index contributed by atoms with van der Waals surface area (Å²) in [5.74, 6) is 1.27. The molecule has 0 aliphatic carbocycles. The SMILES string of the molecule is CCOC(=O)C1=C(c2ccc3c(c2)OCCO3)CCN(Cc2ccccc2)C1. The number of nitrogens with zero attached hydrogens (tertiary/aromatic N) is 1. The zero-order valence-corrected chi connectivity index (χ0v) is 16.1. The first kappa shape index (κ1) is 18.6. The first-order valence-corrected chi connectivity index (χ1v) is 9.80. The van der Waals surface area contributed by atoms with Crippen LogP contribution in [-0.4, -0.2) is 43.8 Å².